The molecule has 19 heavy (non-hydrogen) atoms. The molecule has 0 spiro atoms. The van der Waals surface area contributed by atoms with Crippen LogP contribution < -0.4 is 10.6 Å². The normalized spacial score (nSPS) is 11.9. The second-order valence-corrected chi connectivity index (χ2v) is 6.30. The van der Waals surface area contributed by atoms with Gasteiger partial charge in [0.2, 0.25) is 0 Å². The van der Waals surface area contributed by atoms with Crippen LogP contribution >= 0.6 is 0 Å². The van der Waals surface area contributed by atoms with E-state index in [1.54, 1.807) is 0 Å². The van der Waals surface area contributed by atoms with Gasteiger partial charge in [-0.15, -0.1) is 0 Å². The third-order valence-corrected chi connectivity index (χ3v) is 4.16. The summed E-state index contributed by atoms with van der Waals surface area (Å²) in [5.74, 6) is 0. The first kappa shape index (κ1) is 16.2. The summed E-state index contributed by atoms with van der Waals surface area (Å²) in [6.45, 7) is 16.7. The van der Waals surface area contributed by atoms with Gasteiger partial charge in [0.05, 0.1) is 0 Å². The van der Waals surface area contributed by atoms with Crippen LogP contribution in [0.4, 0.5) is 0 Å². The van der Waals surface area contributed by atoms with Crippen molar-refractivity contribution in [2.75, 3.05) is 26.7 Å². The number of likely N-dealkylation sites (N-methyl/N-ethyl adjacent to an activating group) is 1. The van der Waals surface area contributed by atoms with E-state index in [1.165, 1.54) is 27.8 Å². The molecule has 0 fully saturated rings. The van der Waals surface area contributed by atoms with Crippen LogP contribution in [0.2, 0.25) is 0 Å². The van der Waals surface area contributed by atoms with Crippen molar-refractivity contribution in [3.8, 4) is 0 Å². The molecule has 1 rings (SSSR count). The summed E-state index contributed by atoms with van der Waals surface area (Å²) >= 11 is 0. The van der Waals surface area contributed by atoms with Crippen LogP contribution in [0, 0.1) is 27.7 Å². The molecule has 2 heteroatoms. The van der Waals surface area contributed by atoms with Gasteiger partial charge < -0.3 is 10.6 Å². The van der Waals surface area contributed by atoms with E-state index in [-0.39, 0.29) is 5.41 Å². The maximum atomic E-state index is 3.56. The van der Waals surface area contributed by atoms with Crippen LogP contribution in [-0.2, 0) is 5.41 Å². The lowest BCUT2D eigenvalue weighted by molar-refractivity contribution is 0.463. The highest BCUT2D eigenvalue weighted by molar-refractivity contribution is 5.47. The van der Waals surface area contributed by atoms with Crippen molar-refractivity contribution in [2.24, 2.45) is 0 Å². The zero-order chi connectivity index (χ0) is 14.6. The predicted octanol–water partition coefficient (Wildman–Crippen LogP) is 3.01. The largest absolute Gasteiger partial charge is 0.318 e. The molecule has 108 valence electrons. The molecular formula is C17H30N2. The molecule has 0 saturated heterocycles. The van der Waals surface area contributed by atoms with Gasteiger partial charge in [-0.1, -0.05) is 19.9 Å². The molecule has 1 aromatic carbocycles. The maximum absolute atomic E-state index is 3.56. The Hall–Kier alpha value is -0.860. The highest BCUT2D eigenvalue weighted by Crippen LogP contribution is 2.32. The Kier molecular flexibility index (Phi) is 5.57. The molecule has 0 atom stereocenters. The predicted molar refractivity (Wildman–Crippen MR) is 85.2 cm³/mol. The summed E-state index contributed by atoms with van der Waals surface area (Å²) in [7, 11) is 1.99. The third-order valence-electron chi connectivity index (χ3n) is 4.16. The van der Waals surface area contributed by atoms with Crippen LogP contribution in [0.3, 0.4) is 0 Å². The lowest BCUT2D eigenvalue weighted by Crippen LogP contribution is -2.37. The van der Waals surface area contributed by atoms with Gasteiger partial charge in [0, 0.05) is 25.0 Å². The summed E-state index contributed by atoms with van der Waals surface area (Å²) in [4.78, 5) is 0. The minimum absolute atomic E-state index is 0.165. The Morgan fingerprint density at radius 2 is 1.47 bits per heavy atom. The Balaban J connectivity index is 3.00. The van der Waals surface area contributed by atoms with E-state index < -0.39 is 0 Å². The van der Waals surface area contributed by atoms with E-state index in [1.807, 2.05) is 7.05 Å². The summed E-state index contributed by atoms with van der Waals surface area (Å²) in [6, 6.07) is 2.30. The fourth-order valence-corrected chi connectivity index (χ4v) is 2.93. The lowest BCUT2D eigenvalue weighted by Gasteiger charge is -2.31. The van der Waals surface area contributed by atoms with Crippen molar-refractivity contribution in [3.05, 3.63) is 33.9 Å². The Morgan fingerprint density at radius 3 is 1.95 bits per heavy atom. The fraction of sp³-hybridized carbons (Fsp3) is 0.647. The van der Waals surface area contributed by atoms with E-state index in [0.717, 1.165) is 19.6 Å². The van der Waals surface area contributed by atoms with Gasteiger partial charge in [0.1, 0.15) is 0 Å². The molecule has 1 aromatic rings. The van der Waals surface area contributed by atoms with E-state index in [9.17, 15) is 0 Å². The molecule has 0 saturated carbocycles. The number of rotatable bonds is 6. The van der Waals surface area contributed by atoms with Gasteiger partial charge in [-0.2, -0.15) is 0 Å². The summed E-state index contributed by atoms with van der Waals surface area (Å²) < 4.78 is 0. The number of nitrogens with one attached hydrogen (secondary N) is 2. The molecule has 0 bridgehead atoms. The monoisotopic (exact) mass is 262 g/mol. The van der Waals surface area contributed by atoms with Gasteiger partial charge in [0.25, 0.3) is 0 Å². The van der Waals surface area contributed by atoms with Crippen molar-refractivity contribution < 1.29 is 0 Å². The lowest BCUT2D eigenvalue weighted by atomic mass is 9.77. The zero-order valence-corrected chi connectivity index (χ0v) is 13.7. The minimum Gasteiger partial charge on any atom is -0.318 e. The number of aryl methyl sites for hydroxylation is 2. The van der Waals surface area contributed by atoms with Crippen LogP contribution in [-0.4, -0.2) is 26.7 Å². The standard InChI is InChI=1S/C17H30N2/c1-12-10-13(2)15(4)16(14(12)3)17(5,6)11-19-9-8-18-7/h10,18-19H,8-9,11H2,1-7H3. The summed E-state index contributed by atoms with van der Waals surface area (Å²) in [5, 5.41) is 6.73. The van der Waals surface area contributed by atoms with Crippen molar-refractivity contribution in [1.82, 2.24) is 10.6 Å². The first-order chi connectivity index (χ1) is 8.81. The van der Waals surface area contributed by atoms with Crippen molar-refractivity contribution in [1.29, 1.82) is 0 Å². The molecule has 0 aromatic heterocycles. The quantitative estimate of drug-likeness (QED) is 0.770. The van der Waals surface area contributed by atoms with Gasteiger partial charge in [-0.25, -0.2) is 0 Å². The molecule has 0 amide bonds. The first-order valence-corrected chi connectivity index (χ1v) is 7.24. The van der Waals surface area contributed by atoms with Gasteiger partial charge >= 0.3 is 0 Å². The number of hydrogen-bond donors (Lipinski definition) is 2. The molecule has 0 aliphatic rings. The Bertz CT molecular complexity index is 407. The smallest absolute Gasteiger partial charge is 0.00769 e. The van der Waals surface area contributed by atoms with Crippen LogP contribution in [0.5, 0.6) is 0 Å². The molecule has 0 radical (unpaired) electrons. The van der Waals surface area contributed by atoms with Gasteiger partial charge in [-0.05, 0) is 62.6 Å². The molecule has 0 unspecified atom stereocenters. The van der Waals surface area contributed by atoms with Crippen molar-refractivity contribution >= 4 is 0 Å². The molecule has 0 aliphatic heterocycles. The van der Waals surface area contributed by atoms with Crippen LogP contribution in [0.25, 0.3) is 0 Å². The topological polar surface area (TPSA) is 24.1 Å². The highest BCUT2D eigenvalue weighted by Gasteiger charge is 2.25. The fourth-order valence-electron chi connectivity index (χ4n) is 2.93. The van der Waals surface area contributed by atoms with E-state index >= 15 is 0 Å². The average Bonchev–Trinajstić information content (AvgIpc) is 2.32. The van der Waals surface area contributed by atoms with Gasteiger partial charge in [-0.3, -0.25) is 0 Å². The minimum atomic E-state index is 0.165. The van der Waals surface area contributed by atoms with Gasteiger partial charge in [0.15, 0.2) is 0 Å². The number of hydrogen-bond acceptors (Lipinski definition) is 2. The van der Waals surface area contributed by atoms with Crippen LogP contribution in [0.1, 0.15) is 41.7 Å². The van der Waals surface area contributed by atoms with Crippen molar-refractivity contribution in [3.63, 3.8) is 0 Å². The van der Waals surface area contributed by atoms with Crippen molar-refractivity contribution in [2.45, 2.75) is 47.0 Å². The van der Waals surface area contributed by atoms with Crippen LogP contribution in [0.15, 0.2) is 6.07 Å². The molecule has 0 aliphatic carbocycles. The number of benzene rings is 1. The Labute approximate surface area is 119 Å². The second kappa shape index (κ2) is 6.53. The van der Waals surface area contributed by atoms with E-state index in [0.29, 0.717) is 0 Å². The molecule has 2 N–H and O–H groups in total. The SMILES string of the molecule is CNCCNCC(C)(C)c1c(C)c(C)cc(C)c1C. The third kappa shape index (κ3) is 3.80. The highest BCUT2D eigenvalue weighted by atomic mass is 14.9. The molecular weight excluding hydrogens is 232 g/mol. The first-order valence-electron chi connectivity index (χ1n) is 7.24. The van der Waals surface area contributed by atoms with E-state index in [2.05, 4.69) is 58.2 Å². The summed E-state index contributed by atoms with van der Waals surface area (Å²) in [6.07, 6.45) is 0. The summed E-state index contributed by atoms with van der Waals surface area (Å²) in [5.41, 5.74) is 7.38. The van der Waals surface area contributed by atoms with E-state index in [4.69, 9.17) is 0 Å². The molecule has 2 nitrogen and oxygen atoms in total. The molecule has 0 heterocycles. The maximum Gasteiger partial charge on any atom is 0.00769 e. The second-order valence-electron chi connectivity index (χ2n) is 6.30. The Morgan fingerprint density at radius 1 is 0.947 bits per heavy atom. The zero-order valence-electron chi connectivity index (χ0n) is 13.7. The average molecular weight is 262 g/mol.